The van der Waals surface area contributed by atoms with Crippen LogP contribution in [0.2, 0.25) is 0 Å². The first kappa shape index (κ1) is 14.7. The second-order valence-corrected chi connectivity index (χ2v) is 3.56. The summed E-state index contributed by atoms with van der Waals surface area (Å²) in [5.41, 5.74) is 1.37. The molecule has 1 aliphatic heterocycles. The molecule has 1 fully saturated rings. The average molecular weight is 249 g/mol. The summed E-state index contributed by atoms with van der Waals surface area (Å²) in [4.78, 5) is 0. The Morgan fingerprint density at radius 2 is 1.93 bits per heavy atom. The van der Waals surface area contributed by atoms with Gasteiger partial charge >= 0.3 is 0 Å². The van der Waals surface area contributed by atoms with Crippen LogP contribution < -0.4 is 10.6 Å². The first-order chi connectivity index (χ1) is 6.45. The Morgan fingerprint density at radius 1 is 1.20 bits per heavy atom. The summed E-state index contributed by atoms with van der Waals surface area (Å²) < 4.78 is 0. The number of halogens is 2. The van der Waals surface area contributed by atoms with Crippen LogP contribution in [-0.2, 0) is 6.54 Å². The molecule has 15 heavy (non-hydrogen) atoms. The fourth-order valence-electron chi connectivity index (χ4n) is 1.69. The zero-order valence-corrected chi connectivity index (χ0v) is 10.2. The third-order valence-corrected chi connectivity index (χ3v) is 2.50. The second-order valence-electron chi connectivity index (χ2n) is 3.56. The minimum absolute atomic E-state index is 0. The maximum atomic E-state index is 3.54. The van der Waals surface area contributed by atoms with E-state index in [0.717, 1.165) is 19.6 Å². The lowest BCUT2D eigenvalue weighted by Crippen LogP contribution is -2.30. The molecule has 1 saturated heterocycles. The van der Waals surface area contributed by atoms with Crippen molar-refractivity contribution in [2.75, 3.05) is 13.1 Å². The highest BCUT2D eigenvalue weighted by Crippen LogP contribution is 2.01. The van der Waals surface area contributed by atoms with Crippen LogP contribution in [-0.4, -0.2) is 19.1 Å². The maximum Gasteiger partial charge on any atom is 0.0208 e. The molecule has 0 saturated carbocycles. The fraction of sp³-hybridized carbons (Fsp3) is 0.455. The van der Waals surface area contributed by atoms with Gasteiger partial charge in [-0.05, 0) is 18.5 Å². The average Bonchev–Trinajstić information content (AvgIpc) is 2.69. The molecule has 0 aliphatic carbocycles. The topological polar surface area (TPSA) is 24.1 Å². The molecule has 0 aromatic heterocycles. The van der Waals surface area contributed by atoms with Gasteiger partial charge in [-0.2, -0.15) is 0 Å². The predicted molar refractivity (Wildman–Crippen MR) is 69.1 cm³/mol. The molecule has 4 heteroatoms. The maximum absolute atomic E-state index is 3.54. The zero-order chi connectivity index (χ0) is 8.93. The van der Waals surface area contributed by atoms with Crippen LogP contribution in [0.3, 0.4) is 0 Å². The van der Waals surface area contributed by atoms with Crippen molar-refractivity contribution in [3.8, 4) is 0 Å². The van der Waals surface area contributed by atoms with E-state index >= 15 is 0 Å². The van der Waals surface area contributed by atoms with Crippen molar-refractivity contribution >= 4 is 24.8 Å². The van der Waals surface area contributed by atoms with Crippen molar-refractivity contribution in [1.29, 1.82) is 0 Å². The normalized spacial score (nSPS) is 19.1. The van der Waals surface area contributed by atoms with Crippen LogP contribution >= 0.6 is 24.8 Å². The summed E-state index contributed by atoms with van der Waals surface area (Å²) in [5.74, 6) is 0. The molecule has 1 aromatic carbocycles. The number of hydrogen-bond donors (Lipinski definition) is 2. The Bertz CT molecular complexity index is 248. The number of benzene rings is 1. The highest BCUT2D eigenvalue weighted by molar-refractivity contribution is 5.85. The number of rotatable bonds is 3. The van der Waals surface area contributed by atoms with Gasteiger partial charge in [-0.3, -0.25) is 0 Å². The van der Waals surface area contributed by atoms with E-state index in [1.54, 1.807) is 0 Å². The van der Waals surface area contributed by atoms with Gasteiger partial charge < -0.3 is 10.6 Å². The lowest BCUT2D eigenvalue weighted by Gasteiger charge is -2.10. The highest BCUT2D eigenvalue weighted by atomic mass is 35.5. The molecule has 1 aliphatic rings. The van der Waals surface area contributed by atoms with Gasteiger partial charge in [0.2, 0.25) is 0 Å². The Kier molecular flexibility index (Phi) is 7.79. The van der Waals surface area contributed by atoms with Crippen LogP contribution in [0.1, 0.15) is 12.0 Å². The van der Waals surface area contributed by atoms with Crippen molar-refractivity contribution < 1.29 is 0 Å². The quantitative estimate of drug-likeness (QED) is 0.856. The van der Waals surface area contributed by atoms with Crippen LogP contribution in [0, 0.1) is 0 Å². The summed E-state index contributed by atoms with van der Waals surface area (Å²) >= 11 is 0. The van der Waals surface area contributed by atoms with Crippen LogP contribution in [0.4, 0.5) is 0 Å². The third kappa shape index (κ3) is 4.85. The van der Waals surface area contributed by atoms with Crippen molar-refractivity contribution in [2.24, 2.45) is 0 Å². The van der Waals surface area contributed by atoms with E-state index in [9.17, 15) is 0 Å². The standard InChI is InChI=1S/C11H16N2.2ClH/c1-2-4-10(5-3-1)8-13-11-6-7-12-9-11;;/h1-5,11-13H,6-9H2;2*1H/t11-;;/m0../s1. The Labute approximate surface area is 104 Å². The van der Waals surface area contributed by atoms with E-state index in [4.69, 9.17) is 0 Å². The lowest BCUT2D eigenvalue weighted by atomic mass is 10.2. The number of hydrogen-bond acceptors (Lipinski definition) is 2. The van der Waals surface area contributed by atoms with E-state index in [1.807, 2.05) is 0 Å². The zero-order valence-electron chi connectivity index (χ0n) is 8.61. The van der Waals surface area contributed by atoms with E-state index in [2.05, 4.69) is 41.0 Å². The number of nitrogens with one attached hydrogen (secondary N) is 2. The first-order valence-electron chi connectivity index (χ1n) is 4.93. The van der Waals surface area contributed by atoms with Crippen LogP contribution in [0.15, 0.2) is 30.3 Å². The molecule has 0 unspecified atom stereocenters. The largest absolute Gasteiger partial charge is 0.315 e. The van der Waals surface area contributed by atoms with E-state index in [0.29, 0.717) is 6.04 Å². The molecule has 2 N–H and O–H groups in total. The van der Waals surface area contributed by atoms with Gasteiger partial charge in [0.1, 0.15) is 0 Å². The molecule has 1 heterocycles. The molecule has 0 radical (unpaired) electrons. The molecular formula is C11H18Cl2N2. The van der Waals surface area contributed by atoms with Crippen LogP contribution in [0.25, 0.3) is 0 Å². The molecule has 0 bridgehead atoms. The fourth-order valence-corrected chi connectivity index (χ4v) is 1.69. The smallest absolute Gasteiger partial charge is 0.0208 e. The monoisotopic (exact) mass is 248 g/mol. The Morgan fingerprint density at radius 3 is 2.53 bits per heavy atom. The predicted octanol–water partition coefficient (Wildman–Crippen LogP) is 1.98. The van der Waals surface area contributed by atoms with Gasteiger partial charge in [-0.15, -0.1) is 24.8 Å². The molecule has 2 rings (SSSR count). The first-order valence-corrected chi connectivity index (χ1v) is 4.93. The summed E-state index contributed by atoms with van der Waals surface area (Å²) in [6, 6.07) is 11.2. The van der Waals surface area contributed by atoms with Gasteiger partial charge in [-0.25, -0.2) is 0 Å². The Hall–Kier alpha value is -0.280. The van der Waals surface area contributed by atoms with Gasteiger partial charge in [0.05, 0.1) is 0 Å². The third-order valence-electron chi connectivity index (χ3n) is 2.50. The van der Waals surface area contributed by atoms with Crippen LogP contribution in [0.5, 0.6) is 0 Å². The lowest BCUT2D eigenvalue weighted by molar-refractivity contribution is 0.547. The second kappa shape index (κ2) is 7.94. The van der Waals surface area contributed by atoms with Gasteiger partial charge in [-0.1, -0.05) is 30.3 Å². The SMILES string of the molecule is Cl.Cl.c1ccc(CN[C@H]2CCNC2)cc1. The summed E-state index contributed by atoms with van der Waals surface area (Å²) in [6.45, 7) is 3.27. The Balaban J connectivity index is 0.000000980. The molecule has 86 valence electrons. The van der Waals surface area contributed by atoms with E-state index in [-0.39, 0.29) is 24.8 Å². The molecular weight excluding hydrogens is 231 g/mol. The molecule has 2 nitrogen and oxygen atoms in total. The highest BCUT2D eigenvalue weighted by Gasteiger charge is 2.12. The van der Waals surface area contributed by atoms with Gasteiger partial charge in [0, 0.05) is 19.1 Å². The minimum Gasteiger partial charge on any atom is -0.315 e. The van der Waals surface area contributed by atoms with Crippen molar-refractivity contribution in [3.63, 3.8) is 0 Å². The van der Waals surface area contributed by atoms with Gasteiger partial charge in [0.25, 0.3) is 0 Å². The molecule has 0 spiro atoms. The van der Waals surface area contributed by atoms with E-state index in [1.165, 1.54) is 12.0 Å². The summed E-state index contributed by atoms with van der Waals surface area (Å²) in [7, 11) is 0. The van der Waals surface area contributed by atoms with Crippen molar-refractivity contribution in [2.45, 2.75) is 19.0 Å². The molecule has 1 atom stereocenters. The molecule has 0 amide bonds. The molecule has 1 aromatic rings. The summed E-state index contributed by atoms with van der Waals surface area (Å²) in [5, 5.41) is 6.88. The minimum atomic E-state index is 0. The van der Waals surface area contributed by atoms with Crippen molar-refractivity contribution in [3.05, 3.63) is 35.9 Å². The van der Waals surface area contributed by atoms with Crippen molar-refractivity contribution in [1.82, 2.24) is 10.6 Å². The van der Waals surface area contributed by atoms with Gasteiger partial charge in [0.15, 0.2) is 0 Å². The summed E-state index contributed by atoms with van der Waals surface area (Å²) in [6.07, 6.45) is 1.26. The van der Waals surface area contributed by atoms with E-state index < -0.39 is 0 Å².